The molecule has 0 saturated carbocycles. The van der Waals surface area contributed by atoms with Crippen molar-refractivity contribution < 1.29 is 4.79 Å². The number of halogens is 1. The average Bonchev–Trinajstić information content (AvgIpc) is 2.75. The lowest BCUT2D eigenvalue weighted by Gasteiger charge is -2.23. The molecule has 0 spiro atoms. The maximum Gasteiger partial charge on any atom is 0.242 e. The van der Waals surface area contributed by atoms with Gasteiger partial charge in [-0.25, -0.2) is 0 Å². The van der Waals surface area contributed by atoms with Crippen LogP contribution < -0.4 is 5.43 Å². The maximum absolute atomic E-state index is 13.2. The van der Waals surface area contributed by atoms with E-state index in [9.17, 15) is 9.59 Å². The van der Waals surface area contributed by atoms with E-state index in [1.165, 1.54) is 0 Å². The zero-order valence-electron chi connectivity index (χ0n) is 16.1. The topological polar surface area (TPSA) is 42.3 Å². The third kappa shape index (κ3) is 3.76. The Morgan fingerprint density at radius 3 is 2.14 bits per heavy atom. The molecule has 29 heavy (non-hydrogen) atoms. The lowest BCUT2D eigenvalue weighted by atomic mass is 10.1. The second-order valence-corrected chi connectivity index (χ2v) is 7.42. The Hall–Kier alpha value is -3.11. The molecule has 1 amide bonds. The lowest BCUT2D eigenvalue weighted by molar-refractivity contribution is -0.132. The summed E-state index contributed by atoms with van der Waals surface area (Å²) in [5, 5.41) is 1.90. The second-order valence-electron chi connectivity index (χ2n) is 6.99. The summed E-state index contributed by atoms with van der Waals surface area (Å²) >= 11 is 6.09. The van der Waals surface area contributed by atoms with Crippen LogP contribution in [0.4, 0.5) is 0 Å². The number of amides is 1. The first-order valence-corrected chi connectivity index (χ1v) is 9.98. The summed E-state index contributed by atoms with van der Waals surface area (Å²) in [6.07, 6.45) is 0. The van der Waals surface area contributed by atoms with E-state index in [1.807, 2.05) is 84.3 Å². The highest BCUT2D eigenvalue weighted by atomic mass is 35.5. The first kappa shape index (κ1) is 19.2. The number of nitrogens with zero attached hydrogens (tertiary/aromatic N) is 2. The van der Waals surface area contributed by atoms with Crippen molar-refractivity contribution in [2.24, 2.45) is 0 Å². The Bertz CT molecular complexity index is 1200. The minimum absolute atomic E-state index is 0.00793. The molecule has 0 aliphatic rings. The second kappa shape index (κ2) is 8.10. The van der Waals surface area contributed by atoms with Crippen molar-refractivity contribution in [3.8, 4) is 0 Å². The van der Waals surface area contributed by atoms with Gasteiger partial charge in [0.25, 0.3) is 0 Å². The Morgan fingerprint density at radius 1 is 0.931 bits per heavy atom. The number of para-hydroxylation sites is 2. The molecule has 3 aromatic carbocycles. The number of carbonyl (C=O) groups is 1. The Labute approximate surface area is 173 Å². The number of rotatable bonds is 5. The van der Waals surface area contributed by atoms with Crippen molar-refractivity contribution in [1.82, 2.24) is 9.47 Å². The molecule has 0 N–H and O–H groups in total. The molecule has 0 unspecified atom stereocenters. The predicted molar refractivity (Wildman–Crippen MR) is 118 cm³/mol. The van der Waals surface area contributed by atoms with Crippen molar-refractivity contribution in [1.29, 1.82) is 0 Å². The highest BCUT2D eigenvalue weighted by Crippen LogP contribution is 2.20. The van der Waals surface area contributed by atoms with Gasteiger partial charge in [0, 0.05) is 28.9 Å². The van der Waals surface area contributed by atoms with Crippen LogP contribution in [0.1, 0.15) is 12.5 Å². The van der Waals surface area contributed by atoms with Crippen LogP contribution in [0.15, 0.2) is 77.6 Å². The maximum atomic E-state index is 13.2. The number of likely N-dealkylation sites (N-methyl/N-ethyl adjacent to an activating group) is 1. The summed E-state index contributed by atoms with van der Waals surface area (Å²) in [7, 11) is 0. The molecule has 0 saturated heterocycles. The first-order chi connectivity index (χ1) is 14.1. The molecule has 0 atom stereocenters. The highest BCUT2D eigenvalue weighted by Gasteiger charge is 2.17. The zero-order chi connectivity index (χ0) is 20.4. The molecule has 5 heteroatoms. The van der Waals surface area contributed by atoms with E-state index in [-0.39, 0.29) is 17.9 Å². The summed E-state index contributed by atoms with van der Waals surface area (Å²) in [6, 6.07) is 22.4. The van der Waals surface area contributed by atoms with Crippen LogP contribution in [0.5, 0.6) is 0 Å². The largest absolute Gasteiger partial charge is 0.337 e. The Morgan fingerprint density at radius 2 is 1.55 bits per heavy atom. The summed E-state index contributed by atoms with van der Waals surface area (Å²) in [5.41, 5.74) is 2.51. The minimum Gasteiger partial charge on any atom is -0.337 e. The molecule has 0 bridgehead atoms. The van der Waals surface area contributed by atoms with E-state index >= 15 is 0 Å². The number of carbonyl (C=O) groups excluding carboxylic acids is 1. The first-order valence-electron chi connectivity index (χ1n) is 9.61. The van der Waals surface area contributed by atoms with Gasteiger partial charge in [0.1, 0.15) is 6.54 Å². The van der Waals surface area contributed by atoms with Gasteiger partial charge in [-0.2, -0.15) is 0 Å². The van der Waals surface area contributed by atoms with Crippen LogP contribution in [0.3, 0.4) is 0 Å². The summed E-state index contributed by atoms with van der Waals surface area (Å²) in [6.45, 7) is 3.20. The number of aromatic nitrogens is 1. The van der Waals surface area contributed by atoms with Crippen LogP contribution in [0, 0.1) is 0 Å². The number of hydrogen-bond acceptors (Lipinski definition) is 2. The molecule has 0 aliphatic carbocycles. The molecule has 0 fully saturated rings. The summed E-state index contributed by atoms with van der Waals surface area (Å²) < 4.78 is 1.94. The van der Waals surface area contributed by atoms with Crippen LogP contribution >= 0.6 is 11.6 Å². The van der Waals surface area contributed by atoms with Gasteiger partial charge in [-0.3, -0.25) is 9.59 Å². The third-order valence-electron chi connectivity index (χ3n) is 5.17. The van der Waals surface area contributed by atoms with Gasteiger partial charge in [-0.15, -0.1) is 0 Å². The van der Waals surface area contributed by atoms with Gasteiger partial charge in [0.2, 0.25) is 5.91 Å². The van der Waals surface area contributed by atoms with Gasteiger partial charge in [-0.05, 0) is 48.9 Å². The van der Waals surface area contributed by atoms with Gasteiger partial charge in [0.15, 0.2) is 5.43 Å². The fourth-order valence-corrected chi connectivity index (χ4v) is 3.93. The smallest absolute Gasteiger partial charge is 0.242 e. The molecule has 146 valence electrons. The normalized spacial score (nSPS) is 11.1. The number of hydrogen-bond donors (Lipinski definition) is 0. The molecule has 4 rings (SSSR count). The van der Waals surface area contributed by atoms with Gasteiger partial charge in [0.05, 0.1) is 11.0 Å². The van der Waals surface area contributed by atoms with Crippen LogP contribution in [-0.2, 0) is 17.9 Å². The van der Waals surface area contributed by atoms with Gasteiger partial charge < -0.3 is 9.47 Å². The van der Waals surface area contributed by atoms with Crippen LogP contribution in [0.2, 0.25) is 5.02 Å². The van der Waals surface area contributed by atoms with Crippen molar-refractivity contribution in [2.45, 2.75) is 20.0 Å². The SMILES string of the molecule is CCN(Cc1cccc(Cl)c1)C(=O)Cn1c2ccccc2c(=O)c2ccccc21. The fourth-order valence-electron chi connectivity index (χ4n) is 3.71. The molecule has 0 radical (unpaired) electrons. The average molecular weight is 405 g/mol. The Kier molecular flexibility index (Phi) is 5.36. The lowest BCUT2D eigenvalue weighted by Crippen LogP contribution is -2.33. The van der Waals surface area contributed by atoms with E-state index in [4.69, 9.17) is 11.6 Å². The number of fused-ring (bicyclic) bond motifs is 2. The molecule has 4 nitrogen and oxygen atoms in total. The fraction of sp³-hybridized carbons (Fsp3) is 0.167. The van der Waals surface area contributed by atoms with Crippen LogP contribution in [0.25, 0.3) is 21.8 Å². The van der Waals surface area contributed by atoms with Gasteiger partial charge in [-0.1, -0.05) is 48.0 Å². The van der Waals surface area contributed by atoms with Crippen molar-refractivity contribution in [2.75, 3.05) is 6.54 Å². The van der Waals surface area contributed by atoms with E-state index in [1.54, 1.807) is 4.90 Å². The summed E-state index contributed by atoms with van der Waals surface area (Å²) in [4.78, 5) is 27.9. The van der Waals surface area contributed by atoms with E-state index in [0.717, 1.165) is 16.6 Å². The highest BCUT2D eigenvalue weighted by molar-refractivity contribution is 6.30. The van der Waals surface area contributed by atoms with Gasteiger partial charge >= 0.3 is 0 Å². The summed E-state index contributed by atoms with van der Waals surface area (Å²) in [5.74, 6) is -0.00793. The van der Waals surface area contributed by atoms with E-state index < -0.39 is 0 Å². The third-order valence-corrected chi connectivity index (χ3v) is 5.40. The van der Waals surface area contributed by atoms with Crippen molar-refractivity contribution in [3.05, 3.63) is 93.6 Å². The molecule has 1 heterocycles. The van der Waals surface area contributed by atoms with Crippen molar-refractivity contribution >= 4 is 39.3 Å². The predicted octanol–water partition coefficient (Wildman–Crippen LogP) is 4.86. The standard InChI is InChI=1S/C24H21ClN2O2/c1-2-26(15-17-8-7-9-18(25)14-17)23(28)16-27-21-12-5-3-10-19(21)24(29)20-11-4-6-13-22(20)27/h3-14H,2,15-16H2,1H3. The van der Waals surface area contributed by atoms with E-state index in [2.05, 4.69) is 0 Å². The van der Waals surface area contributed by atoms with E-state index in [0.29, 0.717) is 28.9 Å². The molecular weight excluding hydrogens is 384 g/mol. The monoisotopic (exact) mass is 404 g/mol. The quantitative estimate of drug-likeness (QED) is 0.446. The minimum atomic E-state index is -0.00817. The van der Waals surface area contributed by atoms with Crippen molar-refractivity contribution in [3.63, 3.8) is 0 Å². The molecule has 4 aromatic rings. The number of pyridine rings is 1. The molecule has 0 aliphatic heterocycles. The molecular formula is C24H21ClN2O2. The molecule has 1 aromatic heterocycles. The Balaban J connectivity index is 1.75. The zero-order valence-corrected chi connectivity index (χ0v) is 16.9. The van der Waals surface area contributed by atoms with Crippen LogP contribution in [-0.4, -0.2) is 21.9 Å². The number of benzene rings is 3.